The van der Waals surface area contributed by atoms with Crippen LogP contribution in [0, 0.1) is 27.7 Å². The van der Waals surface area contributed by atoms with Crippen LogP contribution in [-0.4, -0.2) is 15.9 Å². The Kier molecular flexibility index (Phi) is 4.98. The van der Waals surface area contributed by atoms with Crippen LogP contribution in [0.15, 0.2) is 48.5 Å². The standard InChI is InChI=1S/C21H22N4O/c1-13-8-14(2)10-19(9-13)24-20(26)17-6-5-7-18(12-17)25-21-22-15(3)11-16(4)23-21/h5-12H,1-4H3,(H,24,26)(H,22,23,25). The van der Waals surface area contributed by atoms with Crippen molar-refractivity contribution in [3.8, 4) is 0 Å². The summed E-state index contributed by atoms with van der Waals surface area (Å²) >= 11 is 0. The fourth-order valence-corrected chi connectivity index (χ4v) is 2.90. The summed E-state index contributed by atoms with van der Waals surface area (Å²) in [6.07, 6.45) is 0. The Labute approximate surface area is 153 Å². The number of rotatable bonds is 4. The molecule has 2 N–H and O–H groups in total. The summed E-state index contributed by atoms with van der Waals surface area (Å²) in [7, 11) is 0. The molecule has 0 aliphatic rings. The maximum atomic E-state index is 12.6. The molecule has 1 heterocycles. The molecule has 0 aliphatic carbocycles. The van der Waals surface area contributed by atoms with E-state index in [9.17, 15) is 4.79 Å². The lowest BCUT2D eigenvalue weighted by Gasteiger charge is -2.10. The van der Waals surface area contributed by atoms with Crippen LogP contribution in [0.2, 0.25) is 0 Å². The van der Waals surface area contributed by atoms with Crippen molar-refractivity contribution in [2.24, 2.45) is 0 Å². The van der Waals surface area contributed by atoms with E-state index in [1.807, 2.05) is 58.0 Å². The number of nitrogens with zero attached hydrogens (tertiary/aromatic N) is 2. The van der Waals surface area contributed by atoms with Crippen LogP contribution in [0.3, 0.4) is 0 Å². The minimum absolute atomic E-state index is 0.153. The number of aryl methyl sites for hydroxylation is 4. The monoisotopic (exact) mass is 346 g/mol. The molecule has 0 saturated carbocycles. The van der Waals surface area contributed by atoms with Gasteiger partial charge in [-0.2, -0.15) is 0 Å². The van der Waals surface area contributed by atoms with Crippen molar-refractivity contribution in [2.45, 2.75) is 27.7 Å². The van der Waals surface area contributed by atoms with E-state index in [-0.39, 0.29) is 5.91 Å². The van der Waals surface area contributed by atoms with E-state index in [1.54, 1.807) is 12.1 Å². The first kappa shape index (κ1) is 17.6. The zero-order valence-corrected chi connectivity index (χ0v) is 15.4. The number of anilines is 3. The van der Waals surface area contributed by atoms with E-state index in [2.05, 4.69) is 26.7 Å². The molecular weight excluding hydrogens is 324 g/mol. The minimum Gasteiger partial charge on any atom is -0.324 e. The summed E-state index contributed by atoms with van der Waals surface area (Å²) in [6, 6.07) is 15.2. The lowest BCUT2D eigenvalue weighted by atomic mass is 10.1. The topological polar surface area (TPSA) is 66.9 Å². The van der Waals surface area contributed by atoms with Gasteiger partial charge in [0.05, 0.1) is 0 Å². The molecule has 0 bridgehead atoms. The normalized spacial score (nSPS) is 10.5. The first-order valence-corrected chi connectivity index (χ1v) is 8.48. The molecule has 1 amide bonds. The van der Waals surface area contributed by atoms with Crippen LogP contribution in [0.5, 0.6) is 0 Å². The van der Waals surface area contributed by atoms with Gasteiger partial charge in [0.25, 0.3) is 5.91 Å². The van der Waals surface area contributed by atoms with Crippen molar-refractivity contribution in [3.63, 3.8) is 0 Å². The molecule has 26 heavy (non-hydrogen) atoms. The Morgan fingerprint density at radius 1 is 0.808 bits per heavy atom. The second-order valence-electron chi connectivity index (χ2n) is 6.51. The SMILES string of the molecule is Cc1cc(C)cc(NC(=O)c2cccc(Nc3nc(C)cc(C)n3)c2)c1. The number of aromatic nitrogens is 2. The average molecular weight is 346 g/mol. The van der Waals surface area contributed by atoms with E-state index < -0.39 is 0 Å². The Balaban J connectivity index is 1.78. The summed E-state index contributed by atoms with van der Waals surface area (Å²) in [5, 5.41) is 6.11. The third kappa shape index (κ3) is 4.45. The van der Waals surface area contributed by atoms with Crippen LogP contribution < -0.4 is 10.6 Å². The number of hydrogen-bond acceptors (Lipinski definition) is 4. The fraction of sp³-hybridized carbons (Fsp3) is 0.190. The van der Waals surface area contributed by atoms with Crippen molar-refractivity contribution < 1.29 is 4.79 Å². The summed E-state index contributed by atoms with van der Waals surface area (Å²) in [5.74, 6) is 0.370. The molecule has 0 spiro atoms. The quantitative estimate of drug-likeness (QED) is 0.718. The van der Waals surface area contributed by atoms with Crippen LogP contribution in [0.4, 0.5) is 17.3 Å². The van der Waals surface area contributed by atoms with Crippen LogP contribution in [0.25, 0.3) is 0 Å². The van der Waals surface area contributed by atoms with Crippen LogP contribution >= 0.6 is 0 Å². The van der Waals surface area contributed by atoms with Crippen molar-refractivity contribution >= 4 is 23.2 Å². The summed E-state index contributed by atoms with van der Waals surface area (Å²) in [6.45, 7) is 7.87. The Morgan fingerprint density at radius 2 is 1.46 bits per heavy atom. The lowest BCUT2D eigenvalue weighted by Crippen LogP contribution is -2.12. The van der Waals surface area contributed by atoms with Crippen molar-refractivity contribution in [2.75, 3.05) is 10.6 Å². The molecule has 132 valence electrons. The molecule has 0 aliphatic heterocycles. The highest BCUT2D eigenvalue weighted by molar-refractivity contribution is 6.04. The number of nitrogens with one attached hydrogen (secondary N) is 2. The summed E-state index contributed by atoms with van der Waals surface area (Å²) < 4.78 is 0. The molecule has 0 fully saturated rings. The lowest BCUT2D eigenvalue weighted by molar-refractivity contribution is 0.102. The second kappa shape index (κ2) is 7.35. The van der Waals surface area contributed by atoms with Gasteiger partial charge in [0.2, 0.25) is 5.95 Å². The highest BCUT2D eigenvalue weighted by atomic mass is 16.1. The molecule has 5 heteroatoms. The van der Waals surface area contributed by atoms with Crippen LogP contribution in [-0.2, 0) is 0 Å². The van der Waals surface area contributed by atoms with E-state index in [0.29, 0.717) is 11.5 Å². The van der Waals surface area contributed by atoms with Gasteiger partial charge < -0.3 is 10.6 Å². The predicted octanol–water partition coefficient (Wildman–Crippen LogP) is 4.71. The molecule has 2 aromatic carbocycles. The van der Waals surface area contributed by atoms with Gasteiger partial charge in [-0.05, 0) is 75.2 Å². The minimum atomic E-state index is -0.153. The first-order valence-electron chi connectivity index (χ1n) is 8.48. The number of benzene rings is 2. The summed E-state index contributed by atoms with van der Waals surface area (Å²) in [4.78, 5) is 21.3. The molecule has 0 saturated heterocycles. The van der Waals surface area contributed by atoms with Gasteiger partial charge in [-0.3, -0.25) is 4.79 Å². The second-order valence-corrected chi connectivity index (χ2v) is 6.51. The van der Waals surface area contributed by atoms with Gasteiger partial charge in [-0.15, -0.1) is 0 Å². The zero-order chi connectivity index (χ0) is 18.7. The molecule has 0 unspecified atom stereocenters. The van der Waals surface area contributed by atoms with Crippen molar-refractivity contribution in [3.05, 3.63) is 76.6 Å². The first-order chi connectivity index (χ1) is 12.4. The highest BCUT2D eigenvalue weighted by Gasteiger charge is 2.08. The molecule has 5 nitrogen and oxygen atoms in total. The summed E-state index contributed by atoms with van der Waals surface area (Å²) in [5.41, 5.74) is 6.14. The molecule has 0 atom stereocenters. The van der Waals surface area contributed by atoms with Gasteiger partial charge in [0.1, 0.15) is 0 Å². The molecule has 3 aromatic rings. The third-order valence-corrected chi connectivity index (χ3v) is 3.84. The molecule has 0 radical (unpaired) electrons. The van der Waals surface area contributed by atoms with E-state index in [0.717, 1.165) is 33.9 Å². The van der Waals surface area contributed by atoms with Crippen molar-refractivity contribution in [1.29, 1.82) is 0 Å². The Bertz CT molecular complexity index is 925. The van der Waals surface area contributed by atoms with Crippen LogP contribution in [0.1, 0.15) is 32.9 Å². The van der Waals surface area contributed by atoms with E-state index in [1.165, 1.54) is 0 Å². The highest BCUT2D eigenvalue weighted by Crippen LogP contribution is 2.18. The number of hydrogen-bond donors (Lipinski definition) is 2. The maximum absolute atomic E-state index is 12.6. The third-order valence-electron chi connectivity index (χ3n) is 3.84. The van der Waals surface area contributed by atoms with E-state index >= 15 is 0 Å². The average Bonchev–Trinajstić information content (AvgIpc) is 2.53. The smallest absolute Gasteiger partial charge is 0.255 e. The predicted molar refractivity (Wildman–Crippen MR) is 105 cm³/mol. The van der Waals surface area contributed by atoms with Crippen molar-refractivity contribution in [1.82, 2.24) is 9.97 Å². The molecule has 1 aromatic heterocycles. The number of carbonyl (C=O) groups excluding carboxylic acids is 1. The largest absolute Gasteiger partial charge is 0.324 e. The fourth-order valence-electron chi connectivity index (χ4n) is 2.90. The van der Waals surface area contributed by atoms with Gasteiger partial charge in [-0.25, -0.2) is 9.97 Å². The number of carbonyl (C=O) groups is 1. The van der Waals surface area contributed by atoms with Gasteiger partial charge >= 0.3 is 0 Å². The van der Waals surface area contributed by atoms with Gasteiger partial charge in [-0.1, -0.05) is 12.1 Å². The van der Waals surface area contributed by atoms with E-state index in [4.69, 9.17) is 0 Å². The van der Waals surface area contributed by atoms with Gasteiger partial charge in [0, 0.05) is 28.3 Å². The molecule has 3 rings (SSSR count). The molecular formula is C21H22N4O. The number of amides is 1. The maximum Gasteiger partial charge on any atom is 0.255 e. The Morgan fingerprint density at radius 3 is 2.12 bits per heavy atom. The Hall–Kier alpha value is -3.21. The zero-order valence-electron chi connectivity index (χ0n) is 15.4. The van der Waals surface area contributed by atoms with Gasteiger partial charge in [0.15, 0.2) is 0 Å².